The zero-order valence-corrected chi connectivity index (χ0v) is 19.2. The lowest BCUT2D eigenvalue weighted by molar-refractivity contribution is -0.121. The summed E-state index contributed by atoms with van der Waals surface area (Å²) in [6.07, 6.45) is 0.587. The molecule has 0 aliphatic carbocycles. The number of ether oxygens (including phenoxy) is 1. The van der Waals surface area contributed by atoms with Crippen LogP contribution in [0.2, 0.25) is 0 Å². The molecule has 0 aliphatic heterocycles. The highest BCUT2D eigenvalue weighted by Gasteiger charge is 2.18. The molecule has 170 valence electrons. The summed E-state index contributed by atoms with van der Waals surface area (Å²) in [6.45, 7) is 5.11. The molecule has 0 spiro atoms. The average molecular weight is 445 g/mol. The molecule has 7 nitrogen and oxygen atoms in total. The third kappa shape index (κ3) is 4.53. The number of amides is 1. The van der Waals surface area contributed by atoms with Crippen molar-refractivity contribution in [1.29, 1.82) is 0 Å². The summed E-state index contributed by atoms with van der Waals surface area (Å²) in [7, 11) is 1.62. The quantitative estimate of drug-likeness (QED) is 0.449. The van der Waals surface area contributed by atoms with Crippen LogP contribution in [0.15, 0.2) is 65.5 Å². The minimum absolute atomic E-state index is 0.0871. The van der Waals surface area contributed by atoms with Gasteiger partial charge in [-0.2, -0.15) is 9.61 Å². The van der Waals surface area contributed by atoms with Crippen molar-refractivity contribution in [3.05, 3.63) is 87.8 Å². The van der Waals surface area contributed by atoms with Gasteiger partial charge in [-0.15, -0.1) is 0 Å². The number of hydrogen-bond acceptors (Lipinski definition) is 4. The summed E-state index contributed by atoms with van der Waals surface area (Å²) in [4.78, 5) is 25.8. The Morgan fingerprint density at radius 2 is 1.82 bits per heavy atom. The van der Waals surface area contributed by atoms with E-state index in [4.69, 9.17) is 4.74 Å². The fourth-order valence-electron chi connectivity index (χ4n) is 4.13. The molecule has 0 saturated carbocycles. The van der Waals surface area contributed by atoms with E-state index in [9.17, 15) is 9.59 Å². The number of carbonyl (C=O) groups is 1. The van der Waals surface area contributed by atoms with Crippen LogP contribution >= 0.6 is 0 Å². The van der Waals surface area contributed by atoms with E-state index < -0.39 is 0 Å². The van der Waals surface area contributed by atoms with Crippen LogP contribution in [0.25, 0.3) is 16.9 Å². The lowest BCUT2D eigenvalue weighted by atomic mass is 10.1. The number of nitrogens with one attached hydrogen (secondary N) is 1. The Balaban J connectivity index is 1.62. The number of benzene rings is 2. The molecule has 0 atom stereocenters. The number of para-hydroxylation sites is 1. The van der Waals surface area contributed by atoms with Crippen molar-refractivity contribution < 1.29 is 9.53 Å². The van der Waals surface area contributed by atoms with Gasteiger partial charge in [0.15, 0.2) is 0 Å². The van der Waals surface area contributed by atoms with Crippen molar-refractivity contribution >= 4 is 11.6 Å². The largest absolute Gasteiger partial charge is 0.496 e. The monoisotopic (exact) mass is 444 g/mol. The van der Waals surface area contributed by atoms with Crippen LogP contribution in [0.1, 0.15) is 30.2 Å². The molecule has 7 heteroatoms. The van der Waals surface area contributed by atoms with Crippen molar-refractivity contribution in [2.24, 2.45) is 0 Å². The number of aromatic nitrogens is 3. The van der Waals surface area contributed by atoms with Gasteiger partial charge >= 0.3 is 0 Å². The lowest BCUT2D eigenvalue weighted by Gasteiger charge is -2.14. The van der Waals surface area contributed by atoms with Crippen LogP contribution in [-0.4, -0.2) is 27.2 Å². The molecule has 4 aromatic rings. The molecule has 2 aromatic carbocycles. The molecule has 33 heavy (non-hydrogen) atoms. The van der Waals surface area contributed by atoms with E-state index in [1.165, 1.54) is 4.52 Å². The van der Waals surface area contributed by atoms with Crippen LogP contribution in [0.5, 0.6) is 5.75 Å². The molecule has 2 aromatic heterocycles. The predicted molar refractivity (Wildman–Crippen MR) is 128 cm³/mol. The third-order valence-corrected chi connectivity index (χ3v) is 5.89. The van der Waals surface area contributed by atoms with E-state index in [1.54, 1.807) is 7.11 Å². The summed E-state index contributed by atoms with van der Waals surface area (Å²) in [6, 6.07) is 19.3. The Morgan fingerprint density at radius 3 is 2.55 bits per heavy atom. The number of aryl methyl sites for hydroxylation is 1. The number of rotatable bonds is 8. The number of methoxy groups -OCH3 is 1. The first-order valence-corrected chi connectivity index (χ1v) is 11.1. The highest BCUT2D eigenvalue weighted by molar-refractivity contribution is 5.76. The van der Waals surface area contributed by atoms with E-state index in [2.05, 4.69) is 15.0 Å². The van der Waals surface area contributed by atoms with Gasteiger partial charge in [-0.1, -0.05) is 42.5 Å². The lowest BCUT2D eigenvalue weighted by Crippen LogP contribution is -2.28. The summed E-state index contributed by atoms with van der Waals surface area (Å²) >= 11 is 0. The Morgan fingerprint density at radius 1 is 1.09 bits per heavy atom. The Labute approximate surface area is 192 Å². The minimum atomic E-state index is -0.191. The number of nitrogens with zero attached hydrogens (tertiary/aromatic N) is 3. The summed E-state index contributed by atoms with van der Waals surface area (Å²) < 4.78 is 8.97. The van der Waals surface area contributed by atoms with Crippen LogP contribution in [-0.2, 0) is 24.3 Å². The first-order chi connectivity index (χ1) is 16.0. The van der Waals surface area contributed by atoms with Crippen LogP contribution in [0, 0.1) is 6.92 Å². The van der Waals surface area contributed by atoms with Gasteiger partial charge in [-0.3, -0.25) is 9.59 Å². The number of hydrogen-bond donors (Lipinski definition) is 1. The van der Waals surface area contributed by atoms with Gasteiger partial charge in [0, 0.05) is 42.4 Å². The fraction of sp³-hybridized carbons (Fsp3) is 0.269. The van der Waals surface area contributed by atoms with Gasteiger partial charge in [0.2, 0.25) is 5.91 Å². The van der Waals surface area contributed by atoms with Crippen LogP contribution in [0.4, 0.5) is 0 Å². The second kappa shape index (κ2) is 9.73. The summed E-state index contributed by atoms with van der Waals surface area (Å²) in [5.74, 6) is 0.611. The van der Waals surface area contributed by atoms with Gasteiger partial charge in [0.1, 0.15) is 11.4 Å². The molecule has 2 heterocycles. The molecular weight excluding hydrogens is 416 g/mol. The first kappa shape index (κ1) is 22.3. The molecule has 0 radical (unpaired) electrons. The summed E-state index contributed by atoms with van der Waals surface area (Å²) in [5.41, 5.74) is 4.53. The van der Waals surface area contributed by atoms with Crippen molar-refractivity contribution in [1.82, 2.24) is 19.5 Å². The van der Waals surface area contributed by atoms with Crippen LogP contribution in [0.3, 0.4) is 0 Å². The first-order valence-electron chi connectivity index (χ1n) is 11.1. The van der Waals surface area contributed by atoms with Gasteiger partial charge < -0.3 is 14.6 Å². The normalized spacial score (nSPS) is 11.0. The molecule has 1 amide bonds. The van der Waals surface area contributed by atoms with E-state index in [-0.39, 0.29) is 17.9 Å². The highest BCUT2D eigenvalue weighted by atomic mass is 16.5. The smallest absolute Gasteiger partial charge is 0.277 e. The maximum atomic E-state index is 13.3. The van der Waals surface area contributed by atoms with Crippen LogP contribution < -0.4 is 15.6 Å². The third-order valence-electron chi connectivity index (χ3n) is 5.89. The summed E-state index contributed by atoms with van der Waals surface area (Å²) in [5, 5.41) is 7.54. The Hall–Kier alpha value is -3.87. The molecule has 0 unspecified atom stereocenters. The van der Waals surface area contributed by atoms with Gasteiger partial charge in [0.25, 0.3) is 5.56 Å². The fourth-order valence-corrected chi connectivity index (χ4v) is 4.13. The van der Waals surface area contributed by atoms with Gasteiger partial charge in [0.05, 0.1) is 12.8 Å². The van der Waals surface area contributed by atoms with Crippen molar-refractivity contribution in [2.45, 2.75) is 39.8 Å². The van der Waals surface area contributed by atoms with E-state index >= 15 is 0 Å². The number of fused-ring (bicyclic) bond motifs is 1. The average Bonchev–Trinajstić information content (AvgIpc) is 3.29. The van der Waals surface area contributed by atoms with E-state index in [0.29, 0.717) is 36.5 Å². The molecular formula is C26H28N4O3. The standard InChI is InChI=1S/C26H28N4O3/c1-4-29-18(2)20(14-15-24(31)27-17-19-10-6-5-7-11-19)26(32)30-25(29)16-22(28-30)21-12-8-9-13-23(21)33-3/h5-13,16H,4,14-15,17H2,1-3H3,(H,27,31). The second-order valence-corrected chi connectivity index (χ2v) is 7.88. The molecule has 0 aliphatic rings. The molecule has 1 N–H and O–H groups in total. The molecule has 0 saturated heterocycles. The number of carbonyl (C=O) groups excluding carboxylic acids is 1. The van der Waals surface area contributed by atoms with Crippen molar-refractivity contribution in [3.8, 4) is 17.0 Å². The van der Waals surface area contributed by atoms with Crippen molar-refractivity contribution in [3.63, 3.8) is 0 Å². The maximum absolute atomic E-state index is 13.3. The molecule has 0 fully saturated rings. The van der Waals surface area contributed by atoms with Gasteiger partial charge in [-0.05, 0) is 38.0 Å². The Kier molecular flexibility index (Phi) is 6.58. The SMILES string of the molecule is CCn1c(C)c(CCC(=O)NCc2ccccc2)c(=O)n2nc(-c3ccccc3OC)cc12. The Bertz CT molecular complexity index is 1340. The highest BCUT2D eigenvalue weighted by Crippen LogP contribution is 2.29. The topological polar surface area (TPSA) is 77.6 Å². The molecule has 0 bridgehead atoms. The van der Waals surface area contributed by atoms with Crippen molar-refractivity contribution in [2.75, 3.05) is 7.11 Å². The predicted octanol–water partition coefficient (Wildman–Crippen LogP) is 3.75. The maximum Gasteiger partial charge on any atom is 0.277 e. The minimum Gasteiger partial charge on any atom is -0.496 e. The second-order valence-electron chi connectivity index (χ2n) is 7.88. The zero-order chi connectivity index (χ0) is 23.4. The van der Waals surface area contributed by atoms with E-state index in [0.717, 1.165) is 22.5 Å². The molecule has 4 rings (SSSR count). The van der Waals surface area contributed by atoms with Gasteiger partial charge in [-0.25, -0.2) is 0 Å². The van der Waals surface area contributed by atoms with E-state index in [1.807, 2.05) is 74.5 Å². The zero-order valence-electron chi connectivity index (χ0n) is 19.2.